The van der Waals surface area contributed by atoms with E-state index in [0.717, 1.165) is 16.7 Å². The number of nitrogens with zero attached hydrogens (tertiary/aromatic N) is 1. The molecule has 0 aromatic heterocycles. The van der Waals surface area contributed by atoms with Gasteiger partial charge >= 0.3 is 0 Å². The maximum Gasteiger partial charge on any atom is 0.252 e. The summed E-state index contributed by atoms with van der Waals surface area (Å²) in [5.41, 5.74) is 9.33. The summed E-state index contributed by atoms with van der Waals surface area (Å²) in [6, 6.07) is 14.0. The van der Waals surface area contributed by atoms with Crippen molar-refractivity contribution in [2.45, 2.75) is 52.4 Å². The molecule has 3 atom stereocenters. The van der Waals surface area contributed by atoms with E-state index >= 15 is 0 Å². The summed E-state index contributed by atoms with van der Waals surface area (Å²) in [7, 11) is 0. The molecule has 6 nitrogen and oxygen atoms in total. The third-order valence-corrected chi connectivity index (χ3v) is 8.79. The Kier molecular flexibility index (Phi) is 5.68. The first kappa shape index (κ1) is 25.5. The van der Waals surface area contributed by atoms with E-state index in [-0.39, 0.29) is 57.7 Å². The molecule has 0 saturated heterocycles. The van der Waals surface area contributed by atoms with Crippen molar-refractivity contribution in [3.63, 3.8) is 0 Å². The molecule has 2 aromatic carbocycles. The lowest BCUT2D eigenvalue weighted by molar-refractivity contribution is -0.114. The van der Waals surface area contributed by atoms with Crippen LogP contribution in [0.3, 0.4) is 0 Å². The SMILES string of the molecule is C=C1C(C(N)=O)=C(O)C[C@@H]2CC3Cc4c(-c5ccc(C(C)(C)C)cc5)ccc(O)c4C(=O)C3=C(C)[C@]12C#N. The minimum Gasteiger partial charge on any atom is -0.511 e. The average Bonchev–Trinajstić information content (AvgIpc) is 2.83. The lowest BCUT2D eigenvalue weighted by Crippen LogP contribution is -2.46. The van der Waals surface area contributed by atoms with E-state index in [4.69, 9.17) is 5.73 Å². The molecule has 6 heteroatoms. The van der Waals surface area contributed by atoms with Gasteiger partial charge in [0.15, 0.2) is 5.78 Å². The number of phenolic OH excluding ortho intramolecular Hbond substituents is 1. The van der Waals surface area contributed by atoms with Crippen LogP contribution in [0, 0.1) is 28.6 Å². The van der Waals surface area contributed by atoms with E-state index in [1.54, 1.807) is 13.0 Å². The number of rotatable bonds is 2. The van der Waals surface area contributed by atoms with Crippen molar-refractivity contribution in [2.24, 2.45) is 23.0 Å². The maximum absolute atomic E-state index is 14.1. The number of Topliss-reactive ketones (excluding diaryl/α,β-unsaturated/α-hetero) is 1. The van der Waals surface area contributed by atoms with Crippen LogP contribution >= 0.6 is 0 Å². The van der Waals surface area contributed by atoms with Gasteiger partial charge in [-0.15, -0.1) is 0 Å². The number of aromatic hydroxyl groups is 1. The summed E-state index contributed by atoms with van der Waals surface area (Å²) in [5.74, 6) is -1.97. The standard InChI is InChI=1S/C32H32N2O4/c1-16-26-19(12-21-14-25(36)27(30(34)38)17(2)32(16,21)15-33)13-23-22(10-11-24(35)28(23)29(26)37)18-6-8-20(9-7-18)31(3,4)5/h6-11,19,21,35-36H,2,12-14H2,1,3-5H3,(H2,34,38)/t19?,21-,32+/m0/s1. The molecule has 0 bridgehead atoms. The fourth-order valence-electron chi connectivity index (χ4n) is 6.86. The van der Waals surface area contributed by atoms with E-state index in [0.29, 0.717) is 24.0 Å². The normalized spacial score (nSPS) is 24.9. The van der Waals surface area contributed by atoms with Gasteiger partial charge in [-0.1, -0.05) is 57.7 Å². The van der Waals surface area contributed by atoms with E-state index in [1.165, 1.54) is 5.56 Å². The number of aliphatic hydroxyl groups excluding tert-OH is 1. The maximum atomic E-state index is 14.1. The predicted octanol–water partition coefficient (Wildman–Crippen LogP) is 5.82. The van der Waals surface area contributed by atoms with Gasteiger partial charge in [0.2, 0.25) is 0 Å². The third-order valence-electron chi connectivity index (χ3n) is 8.79. The van der Waals surface area contributed by atoms with Gasteiger partial charge in [-0.2, -0.15) is 5.26 Å². The largest absolute Gasteiger partial charge is 0.511 e. The van der Waals surface area contributed by atoms with Gasteiger partial charge in [0.1, 0.15) is 16.9 Å². The number of allylic oxidation sites excluding steroid dienone is 3. The molecule has 38 heavy (non-hydrogen) atoms. The molecule has 2 aromatic rings. The molecular formula is C32H32N2O4. The molecule has 0 spiro atoms. The van der Waals surface area contributed by atoms with Crippen LogP contribution < -0.4 is 5.73 Å². The number of aliphatic hydroxyl groups is 1. The second-order valence-corrected chi connectivity index (χ2v) is 11.8. The van der Waals surface area contributed by atoms with Gasteiger partial charge in [-0.3, -0.25) is 9.59 Å². The number of amides is 1. The minimum absolute atomic E-state index is 0.00776. The fourth-order valence-corrected chi connectivity index (χ4v) is 6.86. The first-order chi connectivity index (χ1) is 17.8. The van der Waals surface area contributed by atoms with Crippen molar-refractivity contribution in [1.82, 2.24) is 0 Å². The number of ketones is 1. The van der Waals surface area contributed by atoms with Crippen LogP contribution in [0.1, 0.15) is 62.0 Å². The molecule has 0 heterocycles. The van der Waals surface area contributed by atoms with Crippen LogP contribution in [0.15, 0.2) is 71.0 Å². The highest BCUT2D eigenvalue weighted by molar-refractivity contribution is 6.14. The molecule has 4 N–H and O–H groups in total. The molecule has 3 aliphatic carbocycles. The Labute approximate surface area is 222 Å². The topological polar surface area (TPSA) is 124 Å². The molecule has 0 aliphatic heterocycles. The number of hydrogen-bond acceptors (Lipinski definition) is 5. The number of fused-ring (bicyclic) bond motifs is 3. The van der Waals surface area contributed by atoms with Gasteiger partial charge < -0.3 is 15.9 Å². The van der Waals surface area contributed by atoms with Gasteiger partial charge in [-0.25, -0.2) is 0 Å². The summed E-state index contributed by atoms with van der Waals surface area (Å²) in [6.07, 6.45) is 1.07. The third kappa shape index (κ3) is 3.45. The van der Waals surface area contributed by atoms with Crippen LogP contribution in [0.5, 0.6) is 5.75 Å². The van der Waals surface area contributed by atoms with Crippen LogP contribution in [0.4, 0.5) is 0 Å². The summed E-state index contributed by atoms with van der Waals surface area (Å²) in [5, 5.41) is 31.9. The van der Waals surface area contributed by atoms with Crippen LogP contribution in [0.25, 0.3) is 11.1 Å². The van der Waals surface area contributed by atoms with Crippen molar-refractivity contribution in [3.05, 3.63) is 87.7 Å². The van der Waals surface area contributed by atoms with Gasteiger partial charge in [-0.05, 0) is 76.5 Å². The molecule has 1 amide bonds. The highest BCUT2D eigenvalue weighted by Crippen LogP contribution is 2.59. The zero-order valence-corrected chi connectivity index (χ0v) is 22.2. The first-order valence-corrected chi connectivity index (χ1v) is 12.9. The Hall–Kier alpha value is -4.11. The minimum atomic E-state index is -1.33. The smallest absolute Gasteiger partial charge is 0.252 e. The van der Waals surface area contributed by atoms with Crippen molar-refractivity contribution < 1.29 is 19.8 Å². The van der Waals surface area contributed by atoms with Crippen molar-refractivity contribution >= 4 is 11.7 Å². The molecule has 5 rings (SSSR count). The molecule has 0 saturated carbocycles. The average molecular weight is 509 g/mol. The highest BCUT2D eigenvalue weighted by atomic mass is 16.3. The Morgan fingerprint density at radius 2 is 1.79 bits per heavy atom. The van der Waals surface area contributed by atoms with Crippen LogP contribution in [0.2, 0.25) is 0 Å². The van der Waals surface area contributed by atoms with Crippen molar-refractivity contribution in [3.8, 4) is 22.9 Å². The Morgan fingerprint density at radius 1 is 1.13 bits per heavy atom. The zero-order valence-electron chi connectivity index (χ0n) is 22.2. The number of phenols is 1. The van der Waals surface area contributed by atoms with Gasteiger partial charge in [0, 0.05) is 12.0 Å². The second-order valence-electron chi connectivity index (χ2n) is 11.8. The Balaban J connectivity index is 1.67. The zero-order chi connectivity index (χ0) is 27.7. The molecule has 194 valence electrons. The number of nitriles is 1. The van der Waals surface area contributed by atoms with E-state index in [2.05, 4.69) is 57.7 Å². The lowest BCUT2D eigenvalue weighted by atomic mass is 9.52. The fraction of sp³-hybridized carbons (Fsp3) is 0.344. The number of hydrogen-bond donors (Lipinski definition) is 3. The summed E-state index contributed by atoms with van der Waals surface area (Å²) >= 11 is 0. The summed E-state index contributed by atoms with van der Waals surface area (Å²) in [6.45, 7) is 12.2. The monoisotopic (exact) mass is 508 g/mol. The predicted molar refractivity (Wildman–Crippen MR) is 145 cm³/mol. The number of nitrogens with two attached hydrogens (primary N) is 1. The van der Waals surface area contributed by atoms with Crippen molar-refractivity contribution in [2.75, 3.05) is 0 Å². The van der Waals surface area contributed by atoms with E-state index in [1.807, 2.05) is 6.07 Å². The summed E-state index contributed by atoms with van der Waals surface area (Å²) in [4.78, 5) is 26.2. The molecular weight excluding hydrogens is 476 g/mol. The summed E-state index contributed by atoms with van der Waals surface area (Å²) < 4.78 is 0. The Bertz CT molecular complexity index is 1530. The Morgan fingerprint density at radius 3 is 2.37 bits per heavy atom. The van der Waals surface area contributed by atoms with Crippen LogP contribution in [-0.4, -0.2) is 21.9 Å². The highest BCUT2D eigenvalue weighted by Gasteiger charge is 2.56. The number of primary amides is 1. The first-order valence-electron chi connectivity index (χ1n) is 12.9. The molecule has 0 radical (unpaired) electrons. The quantitative estimate of drug-likeness (QED) is 0.472. The van der Waals surface area contributed by atoms with Gasteiger partial charge in [0.25, 0.3) is 5.91 Å². The number of carbonyl (C=O) groups is 2. The molecule has 0 fully saturated rings. The van der Waals surface area contributed by atoms with Crippen LogP contribution in [-0.2, 0) is 16.6 Å². The van der Waals surface area contributed by atoms with Crippen molar-refractivity contribution in [1.29, 1.82) is 5.26 Å². The van der Waals surface area contributed by atoms with Gasteiger partial charge in [0.05, 0.1) is 17.2 Å². The lowest BCUT2D eigenvalue weighted by Gasteiger charge is -2.49. The van der Waals surface area contributed by atoms with E-state index < -0.39 is 11.3 Å². The molecule has 1 unspecified atom stereocenters. The van der Waals surface area contributed by atoms with E-state index in [9.17, 15) is 25.1 Å². The number of carbonyl (C=O) groups excluding carboxylic acids is 2. The second kappa shape index (κ2) is 8.46. The number of benzene rings is 2. The molecule has 3 aliphatic rings.